The zero-order chi connectivity index (χ0) is 84.5. The molecule has 0 fully saturated rings. The Labute approximate surface area is 738 Å². The second-order valence-corrected chi connectivity index (χ2v) is 31.7. The molecule has 9 aromatic heterocycles. The van der Waals surface area contributed by atoms with Gasteiger partial charge >= 0.3 is 152 Å². The first kappa shape index (κ1) is 82.8. The van der Waals surface area contributed by atoms with Gasteiger partial charge in [-0.2, -0.15) is 0 Å². The first-order chi connectivity index (χ1) is 62.0. The van der Waals surface area contributed by atoms with E-state index in [0.29, 0.717) is 24.1 Å². The van der Waals surface area contributed by atoms with Crippen LogP contribution in [0.25, 0.3) is 87.8 Å². The molecule has 0 bridgehead atoms. The summed E-state index contributed by atoms with van der Waals surface area (Å²) in [5.41, 5.74) is 18.4. The molecule has 0 radical (unpaired) electrons. The third-order valence-corrected chi connectivity index (χ3v) is 23.1. The summed E-state index contributed by atoms with van der Waals surface area (Å²) >= 11 is 3.38. The average Bonchev–Trinajstić information content (AvgIpc) is 1.69. The van der Waals surface area contributed by atoms with E-state index in [1.54, 1.807) is 78.5 Å². The van der Waals surface area contributed by atoms with Crippen LogP contribution >= 0.6 is 22.7 Å². The second kappa shape index (κ2) is 43.4. The minimum atomic E-state index is -0.149. The maximum absolute atomic E-state index is 5.98. The molecule has 19 aromatic rings. The van der Waals surface area contributed by atoms with Crippen LogP contribution in [0.2, 0.25) is 0 Å². The van der Waals surface area contributed by atoms with Crippen molar-refractivity contribution in [2.45, 2.75) is 12.6 Å². The van der Waals surface area contributed by atoms with Crippen molar-refractivity contribution in [3.05, 3.63) is 457 Å². The molecular weight excluding hydrogens is 1650 g/mol. The molecule has 0 saturated heterocycles. The summed E-state index contributed by atoms with van der Waals surface area (Å²) in [6, 6.07) is 120. The van der Waals surface area contributed by atoms with E-state index in [-0.39, 0.29) is 20.5 Å². The Morgan fingerprint density at radius 1 is 0.328 bits per heavy atom. The number of hydrogen-bond donors (Lipinski definition) is 0. The molecule has 0 N–H and O–H groups in total. The fraction of sp³-hybridized carbons (Fsp3) is 0.0190. The van der Waals surface area contributed by atoms with Gasteiger partial charge in [0.05, 0.1) is 61.9 Å². The SMILES string of the molecule is C(=Nc1ccccc1)C1=NC(c2cccnc2)=NC1c1ccccc1.C(=Nc1ccccc1)c1[se]c(-c2cccnc2)nc1-c1ccccc1.C(=Nc1ccccc1)c1oc(-c2cccnc2)nc1-c1ccccc1.C(=Nc1ccccc1)c1sc(-c2cccnc2)nc1-c1ccccc1.c1ccc(OCc2sc(-c3cccnc3)nc2-c2ccccc2)cc1. The third-order valence-electron chi connectivity index (χ3n) is 18.8. The van der Waals surface area contributed by atoms with Crippen LogP contribution < -0.4 is 4.74 Å². The number of aliphatic imine (C=N–C) groups is 6. The van der Waals surface area contributed by atoms with Crippen molar-refractivity contribution in [2.24, 2.45) is 30.0 Å². The number of pyridine rings is 5. The summed E-state index contributed by atoms with van der Waals surface area (Å²) in [5.74, 6) is 2.70. The van der Waals surface area contributed by atoms with E-state index in [0.717, 1.165) is 137 Å². The van der Waals surface area contributed by atoms with Gasteiger partial charge in [0.25, 0.3) is 0 Å². The number of nitrogens with zero attached hydrogens (tertiary/aromatic N) is 15. The minimum Gasteiger partial charge on any atom is -0.488 e. The van der Waals surface area contributed by atoms with Crippen molar-refractivity contribution in [3.8, 4) is 93.5 Å². The molecule has 20 rings (SSSR count). The Bertz CT molecular complexity index is 6320. The zero-order valence-corrected chi connectivity index (χ0v) is 70.6. The normalized spacial score (nSPS) is 12.1. The summed E-state index contributed by atoms with van der Waals surface area (Å²) in [6.45, 7) is 0.492. The van der Waals surface area contributed by atoms with Crippen molar-refractivity contribution in [3.63, 3.8) is 0 Å². The van der Waals surface area contributed by atoms with Gasteiger partial charge in [0.15, 0.2) is 11.6 Å². The molecule has 1 unspecified atom stereocenters. The first-order valence-corrected chi connectivity index (χ1v) is 43.4. The molecule has 1 atom stereocenters. The Hall–Kier alpha value is -15.8. The summed E-state index contributed by atoms with van der Waals surface area (Å²) in [4.78, 5) is 70.1. The maximum atomic E-state index is 5.98. The Balaban J connectivity index is 0.000000115. The zero-order valence-electron chi connectivity index (χ0n) is 67.3. The van der Waals surface area contributed by atoms with Crippen molar-refractivity contribution in [1.29, 1.82) is 0 Å². The molecule has 10 aromatic carbocycles. The van der Waals surface area contributed by atoms with Crippen molar-refractivity contribution >= 4 is 96.3 Å². The van der Waals surface area contributed by atoms with Gasteiger partial charge in [-0.05, 0) is 103 Å². The van der Waals surface area contributed by atoms with Crippen LogP contribution in [0, 0.1) is 0 Å². The van der Waals surface area contributed by atoms with E-state index < -0.39 is 0 Å². The van der Waals surface area contributed by atoms with Crippen LogP contribution in [0.5, 0.6) is 5.75 Å². The van der Waals surface area contributed by atoms with Crippen LogP contribution in [0.1, 0.15) is 37.1 Å². The van der Waals surface area contributed by atoms with E-state index in [1.165, 1.54) is 4.44 Å². The van der Waals surface area contributed by atoms with Gasteiger partial charge in [-0.3, -0.25) is 39.9 Å². The number of rotatable bonds is 21. The van der Waals surface area contributed by atoms with Gasteiger partial charge in [0.1, 0.15) is 34.1 Å². The monoisotopic (exact) mass is 1720 g/mol. The predicted octanol–water partition coefficient (Wildman–Crippen LogP) is 25.3. The number of para-hydroxylation sites is 5. The third kappa shape index (κ3) is 23.2. The molecule has 125 heavy (non-hydrogen) atoms. The van der Waals surface area contributed by atoms with E-state index in [9.17, 15) is 0 Å². The number of oxazole rings is 1. The second-order valence-electron chi connectivity index (χ2n) is 27.4. The number of thiazole rings is 2. The predicted molar refractivity (Wildman–Crippen MR) is 510 cm³/mol. The Kier molecular flexibility index (Phi) is 28.8. The van der Waals surface area contributed by atoms with E-state index in [2.05, 4.69) is 104 Å². The van der Waals surface area contributed by atoms with E-state index >= 15 is 0 Å². The minimum absolute atomic E-state index is 0.104. The van der Waals surface area contributed by atoms with Crippen LogP contribution in [0.3, 0.4) is 0 Å². The molecule has 17 nitrogen and oxygen atoms in total. The summed E-state index contributed by atoms with van der Waals surface area (Å²) in [5, 5.41) is 1.90. The van der Waals surface area contributed by atoms with Gasteiger partial charge in [-0.1, -0.05) is 194 Å². The van der Waals surface area contributed by atoms with E-state index in [1.807, 2.05) is 340 Å². The molecule has 10 heterocycles. The van der Waals surface area contributed by atoms with Crippen molar-refractivity contribution in [1.82, 2.24) is 44.9 Å². The first-order valence-electron chi connectivity index (χ1n) is 40.0. The van der Waals surface area contributed by atoms with Crippen molar-refractivity contribution in [2.75, 3.05) is 0 Å². The van der Waals surface area contributed by atoms with Crippen LogP contribution in [-0.2, 0) is 6.61 Å². The molecule has 602 valence electrons. The molecular formula is C105H77N15O2S2Se. The number of ether oxygens (including phenoxy) is 1. The largest absolute Gasteiger partial charge is 0.488 e. The molecule has 20 heteroatoms. The van der Waals surface area contributed by atoms with Gasteiger partial charge in [0.2, 0.25) is 5.89 Å². The summed E-state index contributed by atoms with van der Waals surface area (Å²) in [7, 11) is 0. The van der Waals surface area contributed by atoms with Crippen LogP contribution in [0.15, 0.2) is 460 Å². The fourth-order valence-corrected chi connectivity index (χ4v) is 16.6. The Morgan fingerprint density at radius 3 is 1.20 bits per heavy atom. The topological polar surface area (TPSA) is 213 Å². The molecule has 1 aliphatic heterocycles. The quantitative estimate of drug-likeness (QED) is 0.0487. The number of benzene rings is 10. The molecule has 1 aliphatic rings. The fourth-order valence-electron chi connectivity index (χ4n) is 12.7. The van der Waals surface area contributed by atoms with Crippen molar-refractivity contribution < 1.29 is 9.15 Å². The summed E-state index contributed by atoms with van der Waals surface area (Å²) < 4.78 is 14.2. The van der Waals surface area contributed by atoms with Crippen LogP contribution in [-0.4, -0.2) is 95.8 Å². The molecule has 0 saturated carbocycles. The number of hydrogen-bond acceptors (Lipinski definition) is 19. The number of aromatic nitrogens is 9. The average molecular weight is 1720 g/mol. The van der Waals surface area contributed by atoms with Gasteiger partial charge < -0.3 is 9.15 Å². The molecule has 0 spiro atoms. The molecule has 0 amide bonds. The van der Waals surface area contributed by atoms with E-state index in [4.69, 9.17) is 34.1 Å². The van der Waals surface area contributed by atoms with Gasteiger partial charge in [-0.25, -0.2) is 19.9 Å². The van der Waals surface area contributed by atoms with Crippen LogP contribution in [0.4, 0.5) is 22.7 Å². The molecule has 0 aliphatic carbocycles. The van der Waals surface area contributed by atoms with Gasteiger partial charge in [0, 0.05) is 89.2 Å². The standard InChI is InChI=1S/C21H16N4.C21H15N3O.C21H15N3S.C21H15N3Se.C21H16N2OS/c1-3-8-16(9-4-1)20-19(15-23-18-11-5-2-6-12-18)24-21(25-20)17-10-7-13-22-14-17;3*1-3-8-16(9-4-1)20-19(15-23-18-11-5-2-6-12-18)25-21(24-20)17-10-7-13-22-14-17;1-3-8-16(9-4-1)20-19(15-24-18-11-5-2-6-12-18)25-21(23-20)17-10-7-13-22-14-17/h1-15,20H;3*1-15H;1-14H,15H2. The maximum Gasteiger partial charge on any atom is 0.228 e. The Morgan fingerprint density at radius 2 is 0.712 bits per heavy atom. The summed E-state index contributed by atoms with van der Waals surface area (Å²) in [6.07, 6.45) is 25.3. The smallest absolute Gasteiger partial charge is 0.228 e. The van der Waals surface area contributed by atoms with Gasteiger partial charge in [-0.15, -0.1) is 22.7 Å². The number of amidine groups is 1.